The molecule has 3 heterocycles. The van der Waals surface area contributed by atoms with Crippen molar-refractivity contribution in [2.24, 2.45) is 4.99 Å². The number of aliphatic imine (C=N–C) groups is 1. The molecule has 6 aromatic carbocycles. The molecule has 5 nitrogen and oxygen atoms in total. The third kappa shape index (κ3) is 3.24. The maximum atomic E-state index is 5.10. The molecule has 8 aromatic rings. The second kappa shape index (κ2) is 8.55. The molecule has 1 aliphatic rings. The van der Waals surface area contributed by atoms with E-state index in [0.29, 0.717) is 0 Å². The van der Waals surface area contributed by atoms with Crippen molar-refractivity contribution in [2.45, 2.75) is 6.17 Å². The van der Waals surface area contributed by atoms with Gasteiger partial charge in [0.15, 0.2) is 0 Å². The van der Waals surface area contributed by atoms with E-state index in [4.69, 9.17) is 4.99 Å². The Bertz CT molecular complexity index is 2310. The number of aromatic nitrogens is 2. The van der Waals surface area contributed by atoms with Crippen LogP contribution in [-0.4, -0.2) is 15.1 Å². The van der Waals surface area contributed by atoms with Crippen molar-refractivity contribution in [3.8, 4) is 5.69 Å². The lowest BCUT2D eigenvalue weighted by Gasteiger charge is -2.10. The van der Waals surface area contributed by atoms with Gasteiger partial charge in [-0.1, -0.05) is 97.1 Å². The van der Waals surface area contributed by atoms with Gasteiger partial charge in [0.1, 0.15) is 6.17 Å². The van der Waals surface area contributed by atoms with Gasteiger partial charge in [0.2, 0.25) is 5.96 Å². The van der Waals surface area contributed by atoms with Gasteiger partial charge < -0.3 is 4.57 Å². The summed E-state index contributed by atoms with van der Waals surface area (Å²) in [4.78, 5) is 5.10. The maximum absolute atomic E-state index is 5.10. The van der Waals surface area contributed by atoms with Crippen LogP contribution in [0.2, 0.25) is 0 Å². The fourth-order valence-electron chi connectivity index (χ4n) is 6.56. The van der Waals surface area contributed by atoms with Gasteiger partial charge in [-0.25, -0.2) is 10.4 Å². The van der Waals surface area contributed by atoms with Gasteiger partial charge in [0, 0.05) is 27.2 Å². The zero-order chi connectivity index (χ0) is 26.9. The lowest BCUT2D eigenvalue weighted by atomic mass is 10.0. The van der Waals surface area contributed by atoms with Crippen LogP contribution < -0.4 is 10.9 Å². The molecule has 0 saturated heterocycles. The molecule has 2 N–H and O–H groups in total. The van der Waals surface area contributed by atoms with Gasteiger partial charge in [-0.05, 0) is 52.7 Å². The van der Waals surface area contributed by atoms with Crippen molar-refractivity contribution in [1.82, 2.24) is 20.0 Å². The smallest absolute Gasteiger partial charge is 0.220 e. The van der Waals surface area contributed by atoms with Crippen LogP contribution in [0, 0.1) is 0 Å². The van der Waals surface area contributed by atoms with E-state index < -0.39 is 0 Å². The van der Waals surface area contributed by atoms with Crippen LogP contribution in [-0.2, 0) is 0 Å². The van der Waals surface area contributed by atoms with Gasteiger partial charge in [-0.3, -0.25) is 9.99 Å². The second-order valence-corrected chi connectivity index (χ2v) is 10.6. The molecule has 0 saturated carbocycles. The summed E-state index contributed by atoms with van der Waals surface area (Å²) in [6, 6.07) is 47.5. The molecule has 5 heteroatoms. The van der Waals surface area contributed by atoms with E-state index in [1.165, 1.54) is 43.4 Å². The molecule has 0 aliphatic carbocycles. The molecule has 1 unspecified atom stereocenters. The number of rotatable bonds is 2. The zero-order valence-corrected chi connectivity index (χ0v) is 22.1. The normalized spacial score (nSPS) is 15.3. The molecule has 41 heavy (non-hydrogen) atoms. The molecular weight excluding hydrogens is 502 g/mol. The number of hydrogen-bond donors (Lipinski definition) is 2. The maximum Gasteiger partial charge on any atom is 0.220 e. The average Bonchev–Trinajstić information content (AvgIpc) is 3.73. The Morgan fingerprint density at radius 1 is 0.512 bits per heavy atom. The van der Waals surface area contributed by atoms with E-state index >= 15 is 0 Å². The fourth-order valence-corrected chi connectivity index (χ4v) is 6.56. The highest BCUT2D eigenvalue weighted by Gasteiger charge is 2.24. The highest BCUT2D eigenvalue weighted by Crippen LogP contribution is 2.41. The SMILES string of the molecule is c1ccc(C2N=C(n3c4ccccc4c4cc5c6c7ccccc7ccc6n(-c6ccccc6)c5cc43)NN2)cc1. The molecular formula is C36H25N5. The summed E-state index contributed by atoms with van der Waals surface area (Å²) in [5.41, 5.74) is 13.6. The summed E-state index contributed by atoms with van der Waals surface area (Å²) in [5.74, 6) is 0.789. The van der Waals surface area contributed by atoms with Gasteiger partial charge in [0.25, 0.3) is 0 Å². The van der Waals surface area contributed by atoms with Gasteiger partial charge in [-0.15, -0.1) is 0 Å². The molecule has 1 aliphatic heterocycles. The Hall–Kier alpha value is -5.39. The summed E-state index contributed by atoms with van der Waals surface area (Å²) in [6.07, 6.45) is -0.159. The number of hydrogen-bond acceptors (Lipinski definition) is 3. The van der Waals surface area contributed by atoms with Crippen LogP contribution >= 0.6 is 0 Å². The van der Waals surface area contributed by atoms with Crippen LogP contribution in [0.5, 0.6) is 0 Å². The minimum atomic E-state index is -0.159. The zero-order valence-electron chi connectivity index (χ0n) is 22.1. The van der Waals surface area contributed by atoms with Crippen molar-refractivity contribution >= 4 is 60.3 Å². The summed E-state index contributed by atoms with van der Waals surface area (Å²) < 4.78 is 4.65. The molecule has 0 radical (unpaired) electrons. The minimum Gasteiger partial charge on any atom is -0.309 e. The molecule has 0 fully saturated rings. The van der Waals surface area contributed by atoms with Crippen LogP contribution in [0.1, 0.15) is 11.7 Å². The first-order chi connectivity index (χ1) is 20.3. The Balaban J connectivity index is 1.41. The van der Waals surface area contributed by atoms with Crippen LogP contribution in [0.15, 0.2) is 138 Å². The number of fused-ring (bicyclic) bond motifs is 8. The first-order valence-electron chi connectivity index (χ1n) is 13.9. The van der Waals surface area contributed by atoms with Gasteiger partial charge in [-0.2, -0.15) is 0 Å². The van der Waals surface area contributed by atoms with Crippen molar-refractivity contribution in [3.63, 3.8) is 0 Å². The Labute approximate surface area is 235 Å². The van der Waals surface area contributed by atoms with Crippen LogP contribution in [0.4, 0.5) is 0 Å². The van der Waals surface area contributed by atoms with Crippen molar-refractivity contribution < 1.29 is 0 Å². The van der Waals surface area contributed by atoms with Gasteiger partial charge in [0.05, 0.1) is 22.1 Å². The minimum absolute atomic E-state index is 0.159. The quantitative estimate of drug-likeness (QED) is 0.239. The lowest BCUT2D eigenvalue weighted by molar-refractivity contribution is 0.573. The number of nitrogens with one attached hydrogen (secondary N) is 2. The molecule has 9 rings (SSSR count). The topological polar surface area (TPSA) is 46.3 Å². The van der Waals surface area contributed by atoms with E-state index in [1.54, 1.807) is 0 Å². The molecule has 0 bridgehead atoms. The Kier molecular flexibility index (Phi) is 4.68. The summed E-state index contributed by atoms with van der Waals surface area (Å²) >= 11 is 0. The van der Waals surface area contributed by atoms with E-state index in [1.807, 2.05) is 18.2 Å². The van der Waals surface area contributed by atoms with E-state index in [-0.39, 0.29) is 6.17 Å². The Morgan fingerprint density at radius 2 is 1.22 bits per heavy atom. The standard InChI is InChI=1S/C36H25N5/c1-3-12-24(13-4-1)35-37-36(39-38-35)41-30-18-10-9-17-27(30)28-21-29-33(22-32(28)41)40(25-14-5-2-6-15-25)31-20-19-23-11-7-8-16-26(23)34(29)31/h1-22,35,38H,(H,37,39). The first kappa shape index (κ1) is 22.4. The number of hydrazine groups is 1. The predicted molar refractivity (Wildman–Crippen MR) is 170 cm³/mol. The first-order valence-corrected chi connectivity index (χ1v) is 13.9. The van der Waals surface area contributed by atoms with E-state index in [2.05, 4.69) is 135 Å². The number of benzene rings is 6. The monoisotopic (exact) mass is 527 g/mol. The number of nitrogens with zero attached hydrogens (tertiary/aromatic N) is 3. The summed E-state index contributed by atoms with van der Waals surface area (Å²) in [7, 11) is 0. The largest absolute Gasteiger partial charge is 0.309 e. The third-order valence-electron chi connectivity index (χ3n) is 8.36. The average molecular weight is 528 g/mol. The highest BCUT2D eigenvalue weighted by molar-refractivity contribution is 6.26. The fraction of sp³-hybridized carbons (Fsp3) is 0.0278. The van der Waals surface area contributed by atoms with Crippen LogP contribution in [0.3, 0.4) is 0 Å². The third-order valence-corrected chi connectivity index (χ3v) is 8.36. The van der Waals surface area contributed by atoms with Crippen molar-refractivity contribution in [1.29, 1.82) is 0 Å². The molecule has 0 amide bonds. The predicted octanol–water partition coefficient (Wildman–Crippen LogP) is 8.06. The second-order valence-electron chi connectivity index (χ2n) is 10.6. The van der Waals surface area contributed by atoms with Crippen LogP contribution in [0.25, 0.3) is 60.1 Å². The number of para-hydroxylation sites is 2. The van der Waals surface area contributed by atoms with E-state index in [0.717, 1.165) is 28.2 Å². The van der Waals surface area contributed by atoms with E-state index in [9.17, 15) is 0 Å². The molecule has 2 aromatic heterocycles. The molecule has 1 atom stereocenters. The summed E-state index contributed by atoms with van der Waals surface area (Å²) in [6.45, 7) is 0. The van der Waals surface area contributed by atoms with Crippen molar-refractivity contribution in [3.05, 3.63) is 139 Å². The molecule has 194 valence electrons. The molecule has 0 spiro atoms. The van der Waals surface area contributed by atoms with Gasteiger partial charge >= 0.3 is 0 Å². The Morgan fingerprint density at radius 3 is 2.07 bits per heavy atom. The van der Waals surface area contributed by atoms with Crippen molar-refractivity contribution in [2.75, 3.05) is 0 Å². The highest BCUT2D eigenvalue weighted by atomic mass is 15.5. The lowest BCUT2D eigenvalue weighted by Crippen LogP contribution is -2.35. The summed E-state index contributed by atoms with van der Waals surface area (Å²) in [5, 5.41) is 7.46.